The zero-order chi connectivity index (χ0) is 20.5. The molecule has 0 aromatic carbocycles. The van der Waals surface area contributed by atoms with Crippen LogP contribution in [0.15, 0.2) is 24.5 Å². The Balaban J connectivity index is 1.55. The number of aromatic nitrogens is 3. The summed E-state index contributed by atoms with van der Waals surface area (Å²) in [5.74, 6) is 0.146. The smallest absolute Gasteiger partial charge is 0.257 e. The van der Waals surface area contributed by atoms with Crippen LogP contribution in [0.5, 0.6) is 0 Å². The summed E-state index contributed by atoms with van der Waals surface area (Å²) in [5.41, 5.74) is 3.64. The van der Waals surface area contributed by atoms with Gasteiger partial charge in [-0.1, -0.05) is 0 Å². The average Bonchev–Trinajstić information content (AvgIpc) is 3.36. The topological polar surface area (TPSA) is 74.6 Å². The highest BCUT2D eigenvalue weighted by Crippen LogP contribution is 2.34. The van der Waals surface area contributed by atoms with Crippen molar-refractivity contribution >= 4 is 17.5 Å². The summed E-state index contributed by atoms with van der Waals surface area (Å²) in [6.45, 7) is 7.46. The van der Waals surface area contributed by atoms with Gasteiger partial charge in [-0.25, -0.2) is 0 Å². The Morgan fingerprint density at radius 3 is 2.52 bits per heavy atom. The average molecular weight is 396 g/mol. The number of carbonyl (C=O) groups is 2. The number of amides is 2. The fourth-order valence-corrected chi connectivity index (χ4v) is 4.32. The highest BCUT2D eigenvalue weighted by Gasteiger charge is 2.32. The van der Waals surface area contributed by atoms with Crippen molar-refractivity contribution in [2.45, 2.75) is 32.7 Å². The van der Waals surface area contributed by atoms with Crippen molar-refractivity contribution in [2.75, 3.05) is 37.6 Å². The molecule has 4 heterocycles. The Bertz CT molecular complexity index is 916. The predicted octanol–water partition coefficient (Wildman–Crippen LogP) is 1.77. The predicted molar refractivity (Wildman–Crippen MR) is 110 cm³/mol. The Morgan fingerprint density at radius 1 is 1.10 bits per heavy atom. The maximum absolute atomic E-state index is 13.0. The number of aryl methyl sites for hydroxylation is 2. The van der Waals surface area contributed by atoms with Crippen molar-refractivity contribution in [1.82, 2.24) is 24.6 Å². The second kappa shape index (κ2) is 7.85. The van der Waals surface area contributed by atoms with E-state index in [1.807, 2.05) is 23.8 Å². The summed E-state index contributed by atoms with van der Waals surface area (Å²) < 4.78 is 1.65. The molecule has 8 heteroatoms. The molecule has 1 atom stereocenters. The molecule has 0 N–H and O–H groups in total. The second-order valence-electron chi connectivity index (χ2n) is 7.94. The highest BCUT2D eigenvalue weighted by molar-refractivity contribution is 5.94. The third-order valence-electron chi connectivity index (χ3n) is 5.86. The van der Waals surface area contributed by atoms with E-state index >= 15 is 0 Å². The molecule has 29 heavy (non-hydrogen) atoms. The van der Waals surface area contributed by atoms with E-state index in [9.17, 15) is 9.59 Å². The number of hydrogen-bond acceptors (Lipinski definition) is 5. The molecule has 8 nitrogen and oxygen atoms in total. The van der Waals surface area contributed by atoms with Gasteiger partial charge in [0.05, 0.1) is 23.5 Å². The molecule has 2 fully saturated rings. The van der Waals surface area contributed by atoms with E-state index in [1.165, 1.54) is 0 Å². The summed E-state index contributed by atoms with van der Waals surface area (Å²) in [6, 6.07) is 4.20. The molecule has 2 saturated heterocycles. The van der Waals surface area contributed by atoms with Crippen molar-refractivity contribution in [3.05, 3.63) is 41.5 Å². The van der Waals surface area contributed by atoms with E-state index < -0.39 is 0 Å². The van der Waals surface area contributed by atoms with Crippen molar-refractivity contribution in [3.8, 4) is 0 Å². The largest absolute Gasteiger partial charge is 0.368 e. The molecule has 0 saturated carbocycles. The minimum Gasteiger partial charge on any atom is -0.368 e. The number of hydrogen-bond donors (Lipinski definition) is 0. The fraction of sp³-hybridized carbons (Fsp3) is 0.524. The molecule has 4 rings (SSSR count). The number of nitrogens with zero attached hydrogens (tertiary/aromatic N) is 6. The molecular weight excluding hydrogens is 368 g/mol. The van der Waals surface area contributed by atoms with Crippen LogP contribution < -0.4 is 4.90 Å². The SMILES string of the molecule is CC(=O)N1CCN(c2cc(C)nc(C3CCCN3C(=O)c3cnn(C)c3)c2)CC1. The lowest BCUT2D eigenvalue weighted by atomic mass is 10.1. The summed E-state index contributed by atoms with van der Waals surface area (Å²) >= 11 is 0. The third-order valence-corrected chi connectivity index (χ3v) is 5.86. The van der Waals surface area contributed by atoms with Crippen LogP contribution in [-0.2, 0) is 11.8 Å². The van der Waals surface area contributed by atoms with Gasteiger partial charge in [-0.15, -0.1) is 0 Å². The summed E-state index contributed by atoms with van der Waals surface area (Å²) in [7, 11) is 1.82. The highest BCUT2D eigenvalue weighted by atomic mass is 16.2. The van der Waals surface area contributed by atoms with E-state index in [-0.39, 0.29) is 17.9 Å². The summed E-state index contributed by atoms with van der Waals surface area (Å²) in [4.78, 5) is 35.5. The fourth-order valence-electron chi connectivity index (χ4n) is 4.32. The molecular formula is C21H28N6O2. The first-order valence-corrected chi connectivity index (χ1v) is 10.2. The molecule has 0 spiro atoms. The van der Waals surface area contributed by atoms with Crippen molar-refractivity contribution in [3.63, 3.8) is 0 Å². The Morgan fingerprint density at radius 2 is 1.86 bits per heavy atom. The lowest BCUT2D eigenvalue weighted by molar-refractivity contribution is -0.129. The molecule has 2 aromatic heterocycles. The van der Waals surface area contributed by atoms with Crippen LogP contribution >= 0.6 is 0 Å². The molecule has 2 aliphatic heterocycles. The van der Waals surface area contributed by atoms with Gasteiger partial charge in [-0.05, 0) is 31.9 Å². The van der Waals surface area contributed by atoms with Gasteiger partial charge in [-0.3, -0.25) is 19.3 Å². The zero-order valence-electron chi connectivity index (χ0n) is 17.3. The van der Waals surface area contributed by atoms with Crippen LogP contribution in [0.3, 0.4) is 0 Å². The van der Waals surface area contributed by atoms with Gasteiger partial charge in [0.25, 0.3) is 5.91 Å². The van der Waals surface area contributed by atoms with Crippen molar-refractivity contribution in [2.24, 2.45) is 7.05 Å². The van der Waals surface area contributed by atoms with E-state index in [0.717, 1.165) is 62.6 Å². The maximum Gasteiger partial charge on any atom is 0.257 e. The van der Waals surface area contributed by atoms with Gasteiger partial charge in [-0.2, -0.15) is 5.10 Å². The summed E-state index contributed by atoms with van der Waals surface area (Å²) in [6.07, 6.45) is 5.28. The summed E-state index contributed by atoms with van der Waals surface area (Å²) in [5, 5.41) is 4.13. The van der Waals surface area contributed by atoms with Crippen molar-refractivity contribution < 1.29 is 9.59 Å². The number of likely N-dealkylation sites (tertiary alicyclic amines) is 1. The minimum atomic E-state index is -0.0140. The van der Waals surface area contributed by atoms with Gasteiger partial charge in [0.15, 0.2) is 0 Å². The lowest BCUT2D eigenvalue weighted by Gasteiger charge is -2.36. The van der Waals surface area contributed by atoms with Crippen LogP contribution in [0.1, 0.15) is 47.6 Å². The van der Waals surface area contributed by atoms with Crippen LogP contribution in [0.2, 0.25) is 0 Å². The Labute approximate surface area is 171 Å². The first kappa shape index (κ1) is 19.4. The number of piperazine rings is 1. The van der Waals surface area contributed by atoms with Crippen LogP contribution in [-0.4, -0.2) is 69.1 Å². The van der Waals surface area contributed by atoms with Gasteiger partial charge in [0.1, 0.15) is 0 Å². The van der Waals surface area contributed by atoms with E-state index in [4.69, 9.17) is 4.98 Å². The van der Waals surface area contributed by atoms with Gasteiger partial charge < -0.3 is 14.7 Å². The van der Waals surface area contributed by atoms with Crippen LogP contribution in [0.4, 0.5) is 5.69 Å². The molecule has 1 unspecified atom stereocenters. The molecule has 2 aromatic rings. The van der Waals surface area contributed by atoms with Gasteiger partial charge in [0, 0.05) is 64.3 Å². The van der Waals surface area contributed by atoms with E-state index in [1.54, 1.807) is 24.0 Å². The van der Waals surface area contributed by atoms with Crippen molar-refractivity contribution in [1.29, 1.82) is 0 Å². The monoisotopic (exact) mass is 396 g/mol. The lowest BCUT2D eigenvalue weighted by Crippen LogP contribution is -2.48. The molecule has 2 aliphatic rings. The number of rotatable bonds is 3. The molecule has 0 radical (unpaired) electrons. The first-order chi connectivity index (χ1) is 13.9. The maximum atomic E-state index is 13.0. The minimum absolute atomic E-state index is 0.0140. The normalized spacial score (nSPS) is 19.7. The van der Waals surface area contributed by atoms with Gasteiger partial charge in [0.2, 0.25) is 5.91 Å². The van der Waals surface area contributed by atoms with Crippen LogP contribution in [0.25, 0.3) is 0 Å². The van der Waals surface area contributed by atoms with E-state index in [0.29, 0.717) is 5.56 Å². The zero-order valence-corrected chi connectivity index (χ0v) is 17.3. The Kier molecular flexibility index (Phi) is 5.25. The number of carbonyl (C=O) groups excluding carboxylic acids is 2. The van der Waals surface area contributed by atoms with E-state index in [2.05, 4.69) is 22.1 Å². The second-order valence-corrected chi connectivity index (χ2v) is 7.94. The third kappa shape index (κ3) is 3.97. The quantitative estimate of drug-likeness (QED) is 0.791. The standard InChI is InChI=1S/C21H28N6O2/c1-15-11-18(26-9-7-25(8-10-26)16(2)28)12-19(23-15)20-5-4-6-27(20)21(29)17-13-22-24(3)14-17/h11-14,20H,4-10H2,1-3H3. The molecule has 154 valence electrons. The number of pyridine rings is 1. The number of anilines is 1. The Hall–Kier alpha value is -2.90. The molecule has 0 bridgehead atoms. The molecule has 0 aliphatic carbocycles. The van der Waals surface area contributed by atoms with Gasteiger partial charge >= 0.3 is 0 Å². The van der Waals surface area contributed by atoms with Crippen LogP contribution in [0, 0.1) is 6.92 Å². The molecule has 2 amide bonds. The first-order valence-electron chi connectivity index (χ1n) is 10.2.